The van der Waals surface area contributed by atoms with Crippen molar-refractivity contribution < 1.29 is 4.79 Å². The van der Waals surface area contributed by atoms with E-state index in [1.165, 1.54) is 19.3 Å². The molecule has 0 N–H and O–H groups in total. The normalized spacial score (nSPS) is 25.1. The summed E-state index contributed by atoms with van der Waals surface area (Å²) in [7, 11) is 2.17. The number of nitrogens with zero attached hydrogens (tertiary/aromatic N) is 1. The van der Waals surface area contributed by atoms with Crippen LogP contribution in [-0.2, 0) is 4.79 Å². The molecule has 0 radical (unpaired) electrons. The van der Waals surface area contributed by atoms with Crippen LogP contribution in [0.3, 0.4) is 0 Å². The lowest BCUT2D eigenvalue weighted by Crippen LogP contribution is -2.35. The Labute approximate surface area is 113 Å². The van der Waals surface area contributed by atoms with Gasteiger partial charge in [-0.05, 0) is 44.7 Å². The third-order valence-corrected chi connectivity index (χ3v) is 4.19. The zero-order valence-corrected chi connectivity index (χ0v) is 12.7. The van der Waals surface area contributed by atoms with E-state index in [4.69, 9.17) is 0 Å². The number of rotatable bonds is 7. The Hall–Kier alpha value is -0.370. The van der Waals surface area contributed by atoms with Gasteiger partial charge in [0, 0.05) is 18.9 Å². The van der Waals surface area contributed by atoms with Crippen molar-refractivity contribution in [2.75, 3.05) is 20.1 Å². The van der Waals surface area contributed by atoms with Gasteiger partial charge in [0.25, 0.3) is 0 Å². The van der Waals surface area contributed by atoms with Gasteiger partial charge >= 0.3 is 0 Å². The molecule has 0 saturated heterocycles. The molecule has 2 nitrogen and oxygen atoms in total. The van der Waals surface area contributed by atoms with Crippen LogP contribution in [0.5, 0.6) is 0 Å². The van der Waals surface area contributed by atoms with E-state index in [0.717, 1.165) is 44.2 Å². The Morgan fingerprint density at radius 3 is 2.72 bits per heavy atom. The summed E-state index contributed by atoms with van der Waals surface area (Å²) < 4.78 is 0. The number of Topliss-reactive ketones (excluding diaryl/α,β-unsaturated/α-hetero) is 1. The minimum atomic E-state index is 0.312. The molecule has 18 heavy (non-hydrogen) atoms. The molecule has 1 aliphatic carbocycles. The van der Waals surface area contributed by atoms with Gasteiger partial charge in [0.05, 0.1) is 0 Å². The first kappa shape index (κ1) is 15.7. The molecule has 0 aromatic carbocycles. The Kier molecular flexibility index (Phi) is 6.91. The molecule has 1 saturated carbocycles. The van der Waals surface area contributed by atoms with Crippen molar-refractivity contribution in [1.82, 2.24) is 4.90 Å². The fraction of sp³-hybridized carbons (Fsp3) is 0.938. The average Bonchev–Trinajstić information content (AvgIpc) is 2.31. The fourth-order valence-corrected chi connectivity index (χ4v) is 3.00. The molecule has 0 spiro atoms. The van der Waals surface area contributed by atoms with Crippen molar-refractivity contribution in [1.29, 1.82) is 0 Å². The quantitative estimate of drug-likeness (QED) is 0.688. The monoisotopic (exact) mass is 253 g/mol. The van der Waals surface area contributed by atoms with Gasteiger partial charge in [-0.15, -0.1) is 0 Å². The van der Waals surface area contributed by atoms with Gasteiger partial charge in [0.15, 0.2) is 0 Å². The van der Waals surface area contributed by atoms with Gasteiger partial charge in [-0.2, -0.15) is 0 Å². The first-order chi connectivity index (χ1) is 8.52. The van der Waals surface area contributed by atoms with Gasteiger partial charge in [0.1, 0.15) is 5.78 Å². The smallest absolute Gasteiger partial charge is 0.137 e. The third kappa shape index (κ3) is 5.51. The van der Waals surface area contributed by atoms with Crippen LogP contribution in [-0.4, -0.2) is 30.8 Å². The summed E-state index contributed by atoms with van der Waals surface area (Å²) in [6, 6.07) is 0. The Bertz CT molecular complexity index is 249. The molecular weight excluding hydrogens is 222 g/mol. The van der Waals surface area contributed by atoms with E-state index in [0.29, 0.717) is 11.7 Å². The predicted molar refractivity (Wildman–Crippen MR) is 77.7 cm³/mol. The van der Waals surface area contributed by atoms with Crippen molar-refractivity contribution in [2.24, 2.45) is 17.8 Å². The number of carbonyl (C=O) groups is 1. The molecule has 1 aliphatic rings. The number of hydrogen-bond acceptors (Lipinski definition) is 2. The van der Waals surface area contributed by atoms with E-state index in [1.54, 1.807) is 0 Å². The molecule has 2 atom stereocenters. The highest BCUT2D eigenvalue weighted by atomic mass is 16.1. The summed E-state index contributed by atoms with van der Waals surface area (Å²) in [5, 5.41) is 0. The molecule has 2 unspecified atom stereocenters. The standard InChI is InChI=1S/C16H31NO/c1-5-6-14-7-8-16(18)15(11-14)12-17(4)10-9-13(2)3/h13-15H,5-12H2,1-4H3. The minimum Gasteiger partial charge on any atom is -0.306 e. The van der Waals surface area contributed by atoms with Crippen molar-refractivity contribution >= 4 is 5.78 Å². The molecular formula is C16H31NO. The van der Waals surface area contributed by atoms with Crippen LogP contribution in [0.1, 0.15) is 59.3 Å². The Morgan fingerprint density at radius 1 is 1.39 bits per heavy atom. The Morgan fingerprint density at radius 2 is 2.11 bits per heavy atom. The molecule has 1 rings (SSSR count). The topological polar surface area (TPSA) is 20.3 Å². The predicted octanol–water partition coefficient (Wildman–Crippen LogP) is 3.75. The van der Waals surface area contributed by atoms with Crippen LogP contribution < -0.4 is 0 Å². The van der Waals surface area contributed by atoms with E-state index in [1.807, 2.05) is 0 Å². The molecule has 0 aromatic heterocycles. The second-order valence-corrected chi connectivity index (χ2v) is 6.54. The van der Waals surface area contributed by atoms with Crippen LogP contribution in [0, 0.1) is 17.8 Å². The zero-order chi connectivity index (χ0) is 13.5. The molecule has 2 heteroatoms. The van der Waals surface area contributed by atoms with E-state index < -0.39 is 0 Å². The van der Waals surface area contributed by atoms with Crippen molar-refractivity contribution in [3.05, 3.63) is 0 Å². The summed E-state index contributed by atoms with van der Waals surface area (Å²) >= 11 is 0. The summed E-state index contributed by atoms with van der Waals surface area (Å²) in [4.78, 5) is 14.3. The van der Waals surface area contributed by atoms with Gasteiger partial charge in [-0.1, -0.05) is 33.6 Å². The van der Waals surface area contributed by atoms with Crippen molar-refractivity contribution in [2.45, 2.75) is 59.3 Å². The second-order valence-electron chi connectivity index (χ2n) is 6.54. The van der Waals surface area contributed by atoms with E-state index >= 15 is 0 Å². The number of hydrogen-bond donors (Lipinski definition) is 0. The maximum absolute atomic E-state index is 12.0. The summed E-state index contributed by atoms with van der Waals surface area (Å²) in [5.74, 6) is 2.38. The third-order valence-electron chi connectivity index (χ3n) is 4.19. The average molecular weight is 253 g/mol. The molecule has 0 heterocycles. The van der Waals surface area contributed by atoms with Crippen LogP contribution in [0.25, 0.3) is 0 Å². The first-order valence-electron chi connectivity index (χ1n) is 7.74. The maximum Gasteiger partial charge on any atom is 0.137 e. The SMILES string of the molecule is CCCC1CCC(=O)C(CN(C)CCC(C)C)C1. The van der Waals surface area contributed by atoms with Crippen molar-refractivity contribution in [3.63, 3.8) is 0 Å². The van der Waals surface area contributed by atoms with Crippen LogP contribution in [0.15, 0.2) is 0 Å². The molecule has 0 amide bonds. The van der Waals surface area contributed by atoms with Crippen LogP contribution >= 0.6 is 0 Å². The van der Waals surface area contributed by atoms with Crippen LogP contribution in [0.2, 0.25) is 0 Å². The van der Waals surface area contributed by atoms with Crippen molar-refractivity contribution in [3.8, 4) is 0 Å². The van der Waals surface area contributed by atoms with Gasteiger partial charge in [0.2, 0.25) is 0 Å². The zero-order valence-electron chi connectivity index (χ0n) is 12.7. The van der Waals surface area contributed by atoms with Gasteiger partial charge < -0.3 is 4.90 Å². The van der Waals surface area contributed by atoms with Crippen LogP contribution in [0.4, 0.5) is 0 Å². The maximum atomic E-state index is 12.0. The Balaban J connectivity index is 2.35. The molecule has 1 fully saturated rings. The lowest BCUT2D eigenvalue weighted by atomic mass is 9.78. The summed E-state index contributed by atoms with van der Waals surface area (Å²) in [6.07, 6.45) is 6.90. The van der Waals surface area contributed by atoms with E-state index in [-0.39, 0.29) is 0 Å². The molecule has 0 aliphatic heterocycles. The molecule has 0 aromatic rings. The minimum absolute atomic E-state index is 0.312. The van der Waals surface area contributed by atoms with Gasteiger partial charge in [-0.25, -0.2) is 0 Å². The number of carbonyl (C=O) groups excluding carboxylic acids is 1. The first-order valence-corrected chi connectivity index (χ1v) is 7.74. The highest BCUT2D eigenvalue weighted by Crippen LogP contribution is 2.30. The number of ketones is 1. The highest BCUT2D eigenvalue weighted by Gasteiger charge is 2.28. The second kappa shape index (κ2) is 7.93. The van der Waals surface area contributed by atoms with E-state index in [2.05, 4.69) is 32.7 Å². The highest BCUT2D eigenvalue weighted by molar-refractivity contribution is 5.81. The summed E-state index contributed by atoms with van der Waals surface area (Å²) in [5.41, 5.74) is 0. The lowest BCUT2D eigenvalue weighted by molar-refractivity contribution is -0.126. The van der Waals surface area contributed by atoms with Gasteiger partial charge in [-0.3, -0.25) is 4.79 Å². The molecule has 0 bridgehead atoms. The largest absolute Gasteiger partial charge is 0.306 e. The van der Waals surface area contributed by atoms with E-state index in [9.17, 15) is 4.79 Å². The molecule has 106 valence electrons. The summed E-state index contributed by atoms with van der Waals surface area (Å²) in [6.45, 7) is 8.87. The fourth-order valence-electron chi connectivity index (χ4n) is 3.00. The lowest BCUT2D eigenvalue weighted by Gasteiger charge is -2.31.